The molecule has 0 saturated heterocycles. The minimum atomic E-state index is -0.623. The maximum absolute atomic E-state index is 10.1. The molecule has 0 aromatic carbocycles. The molecule has 0 aliphatic carbocycles. The molecule has 0 spiro atoms. The first kappa shape index (κ1) is 5.24. The van der Waals surface area contributed by atoms with Crippen LogP contribution in [0.25, 0.3) is 0 Å². The van der Waals surface area contributed by atoms with E-state index in [2.05, 4.69) is 15.2 Å². The Labute approximate surface area is 49.9 Å². The van der Waals surface area contributed by atoms with E-state index in [4.69, 9.17) is 11.6 Å². The molecule has 0 radical (unpaired) electrons. The molecule has 1 rings (SSSR count). The number of nitrogens with zero attached hydrogens (tertiary/aromatic N) is 2. The van der Waals surface area contributed by atoms with Crippen molar-refractivity contribution in [3.8, 4) is 0 Å². The van der Waals surface area contributed by atoms with Gasteiger partial charge >= 0.3 is 0 Å². The molecule has 8 heavy (non-hydrogen) atoms. The van der Waals surface area contributed by atoms with Crippen molar-refractivity contribution in [1.29, 1.82) is 0 Å². The lowest BCUT2D eigenvalue weighted by atomic mass is 10.7. The SMILES string of the molecule is O=C(Cl)c1ncn[nH]1. The zero-order chi connectivity index (χ0) is 5.98. The second kappa shape index (κ2) is 1.92. The predicted molar refractivity (Wildman–Crippen MR) is 26.6 cm³/mol. The van der Waals surface area contributed by atoms with Crippen LogP contribution in [0.2, 0.25) is 0 Å². The van der Waals surface area contributed by atoms with Gasteiger partial charge in [0.05, 0.1) is 0 Å². The van der Waals surface area contributed by atoms with Crippen LogP contribution in [0, 0.1) is 0 Å². The number of nitrogens with one attached hydrogen (secondary N) is 1. The summed E-state index contributed by atoms with van der Waals surface area (Å²) < 4.78 is 0. The van der Waals surface area contributed by atoms with E-state index in [9.17, 15) is 4.79 Å². The van der Waals surface area contributed by atoms with Crippen molar-refractivity contribution in [3.05, 3.63) is 12.2 Å². The summed E-state index contributed by atoms with van der Waals surface area (Å²) in [7, 11) is 0. The summed E-state index contributed by atoms with van der Waals surface area (Å²) in [5, 5.41) is 5.07. The van der Waals surface area contributed by atoms with Gasteiger partial charge in [0, 0.05) is 0 Å². The van der Waals surface area contributed by atoms with Gasteiger partial charge in [-0.25, -0.2) is 4.98 Å². The normalized spacial score (nSPS) is 9.12. The summed E-state index contributed by atoms with van der Waals surface area (Å²) in [4.78, 5) is 13.6. The van der Waals surface area contributed by atoms with Gasteiger partial charge in [0.1, 0.15) is 6.33 Å². The first-order valence-electron chi connectivity index (χ1n) is 1.86. The fourth-order valence-electron chi connectivity index (χ4n) is 0.300. The molecule has 1 heterocycles. The van der Waals surface area contributed by atoms with Crippen molar-refractivity contribution in [2.24, 2.45) is 0 Å². The molecule has 1 aromatic rings. The summed E-state index contributed by atoms with van der Waals surface area (Å²) in [6, 6.07) is 0. The highest BCUT2D eigenvalue weighted by Crippen LogP contribution is 1.90. The second-order valence-electron chi connectivity index (χ2n) is 1.11. The topological polar surface area (TPSA) is 58.6 Å². The Morgan fingerprint density at radius 1 is 1.88 bits per heavy atom. The number of carbonyl (C=O) groups is 1. The number of aromatic nitrogens is 3. The summed E-state index contributed by atoms with van der Waals surface area (Å²) >= 11 is 4.97. The predicted octanol–water partition coefficient (Wildman–Crippen LogP) is 0.184. The zero-order valence-electron chi connectivity index (χ0n) is 3.76. The molecule has 0 fully saturated rings. The molecule has 0 bridgehead atoms. The molecule has 5 heteroatoms. The lowest BCUT2D eigenvalue weighted by Crippen LogP contribution is -1.90. The van der Waals surface area contributed by atoms with Crippen LogP contribution in [0.3, 0.4) is 0 Å². The Bertz CT molecular complexity index is 182. The highest BCUT2D eigenvalue weighted by atomic mass is 35.5. The average molecular weight is 132 g/mol. The maximum Gasteiger partial charge on any atom is 0.289 e. The van der Waals surface area contributed by atoms with Gasteiger partial charge in [-0.3, -0.25) is 9.89 Å². The first-order chi connectivity index (χ1) is 3.80. The van der Waals surface area contributed by atoms with Crippen molar-refractivity contribution in [3.63, 3.8) is 0 Å². The lowest BCUT2D eigenvalue weighted by Gasteiger charge is -1.75. The Morgan fingerprint density at radius 3 is 2.88 bits per heavy atom. The molecule has 0 atom stereocenters. The van der Waals surface area contributed by atoms with Gasteiger partial charge in [-0.2, -0.15) is 5.10 Å². The van der Waals surface area contributed by atoms with Gasteiger partial charge in [-0.1, -0.05) is 0 Å². The molecule has 1 aromatic heterocycles. The molecule has 42 valence electrons. The van der Waals surface area contributed by atoms with Crippen molar-refractivity contribution < 1.29 is 4.79 Å². The van der Waals surface area contributed by atoms with E-state index in [0.717, 1.165) is 0 Å². The molecule has 0 saturated carbocycles. The van der Waals surface area contributed by atoms with Crippen LogP contribution in [0.1, 0.15) is 10.6 Å². The van der Waals surface area contributed by atoms with E-state index < -0.39 is 5.24 Å². The standard InChI is InChI=1S/C3H2ClN3O/c4-2(8)3-5-1-6-7-3/h1H,(H,5,6,7). The number of rotatable bonds is 1. The van der Waals surface area contributed by atoms with Gasteiger partial charge in [0.25, 0.3) is 5.24 Å². The van der Waals surface area contributed by atoms with E-state index in [1.54, 1.807) is 0 Å². The van der Waals surface area contributed by atoms with Gasteiger partial charge in [0.15, 0.2) is 0 Å². The van der Waals surface area contributed by atoms with Crippen molar-refractivity contribution in [1.82, 2.24) is 15.2 Å². The average Bonchev–Trinajstić information content (AvgIpc) is 2.12. The smallest absolute Gasteiger partial charge is 0.272 e. The van der Waals surface area contributed by atoms with Gasteiger partial charge in [-0.05, 0) is 11.6 Å². The molecule has 0 amide bonds. The van der Waals surface area contributed by atoms with Crippen molar-refractivity contribution in [2.75, 3.05) is 0 Å². The fourth-order valence-corrected chi connectivity index (χ4v) is 0.391. The van der Waals surface area contributed by atoms with Gasteiger partial charge in [-0.15, -0.1) is 0 Å². The highest BCUT2D eigenvalue weighted by Gasteiger charge is 2.01. The second-order valence-corrected chi connectivity index (χ2v) is 1.45. The molecule has 1 N–H and O–H groups in total. The van der Waals surface area contributed by atoms with E-state index in [1.165, 1.54) is 6.33 Å². The minimum absolute atomic E-state index is 0.0756. The molecule has 0 aliphatic heterocycles. The number of carbonyl (C=O) groups excluding carboxylic acids is 1. The van der Waals surface area contributed by atoms with E-state index >= 15 is 0 Å². The van der Waals surface area contributed by atoms with Crippen LogP contribution < -0.4 is 0 Å². The number of hydrogen-bond donors (Lipinski definition) is 1. The maximum atomic E-state index is 10.1. The lowest BCUT2D eigenvalue weighted by molar-refractivity contribution is 0.107. The number of aromatic amines is 1. The third-order valence-corrected chi connectivity index (χ3v) is 0.780. The van der Waals surface area contributed by atoms with Crippen LogP contribution in [0.15, 0.2) is 6.33 Å². The van der Waals surface area contributed by atoms with Gasteiger partial charge < -0.3 is 0 Å². The molecular formula is C3H2ClN3O. The minimum Gasteiger partial charge on any atom is -0.272 e. The van der Waals surface area contributed by atoms with E-state index in [-0.39, 0.29) is 5.82 Å². The Hall–Kier alpha value is -0.900. The number of hydrogen-bond acceptors (Lipinski definition) is 3. The monoisotopic (exact) mass is 131 g/mol. The quantitative estimate of drug-likeness (QED) is 0.554. The Morgan fingerprint density at radius 2 is 2.62 bits per heavy atom. The Kier molecular flexibility index (Phi) is 1.26. The molecule has 0 aliphatic rings. The summed E-state index contributed by atoms with van der Waals surface area (Å²) in [6.07, 6.45) is 1.22. The van der Waals surface area contributed by atoms with E-state index in [0.29, 0.717) is 0 Å². The largest absolute Gasteiger partial charge is 0.289 e. The third-order valence-electron chi connectivity index (χ3n) is 0.601. The number of H-pyrrole nitrogens is 1. The highest BCUT2D eigenvalue weighted by molar-refractivity contribution is 6.67. The summed E-state index contributed by atoms with van der Waals surface area (Å²) in [6.45, 7) is 0. The Balaban J connectivity index is 2.93. The first-order valence-corrected chi connectivity index (χ1v) is 2.23. The van der Waals surface area contributed by atoms with Crippen LogP contribution in [0.4, 0.5) is 0 Å². The van der Waals surface area contributed by atoms with Crippen molar-refractivity contribution >= 4 is 16.8 Å². The van der Waals surface area contributed by atoms with Crippen LogP contribution in [-0.4, -0.2) is 20.4 Å². The van der Waals surface area contributed by atoms with Crippen LogP contribution in [0.5, 0.6) is 0 Å². The number of halogens is 1. The molecule has 4 nitrogen and oxygen atoms in total. The van der Waals surface area contributed by atoms with Crippen LogP contribution in [-0.2, 0) is 0 Å². The fraction of sp³-hybridized carbons (Fsp3) is 0. The van der Waals surface area contributed by atoms with E-state index in [1.807, 2.05) is 0 Å². The molecular weight excluding hydrogens is 130 g/mol. The van der Waals surface area contributed by atoms with Gasteiger partial charge in [0.2, 0.25) is 5.82 Å². The zero-order valence-corrected chi connectivity index (χ0v) is 4.51. The summed E-state index contributed by atoms with van der Waals surface area (Å²) in [5.74, 6) is 0.0756. The third kappa shape index (κ3) is 0.840. The summed E-state index contributed by atoms with van der Waals surface area (Å²) in [5.41, 5.74) is 0. The van der Waals surface area contributed by atoms with Crippen LogP contribution >= 0.6 is 11.6 Å². The molecule has 0 unspecified atom stereocenters. The van der Waals surface area contributed by atoms with Crippen molar-refractivity contribution in [2.45, 2.75) is 0 Å².